The molecule has 0 bridgehead atoms. The normalized spacial score (nSPS) is 23.4. The molecule has 6 aliphatic rings. The molecule has 5 aliphatic heterocycles. The first kappa shape index (κ1) is 48.3. The molecule has 1 aromatic carbocycles. The lowest BCUT2D eigenvalue weighted by Crippen LogP contribution is -2.58. The van der Waals surface area contributed by atoms with Gasteiger partial charge in [-0.25, -0.2) is 19.5 Å². The number of amides is 5. The standard InChI is InChI=1S/C54H62N11O11P/c1-31-20-35(13-15-60(31)36-6-8-39-40(23-36)51(69)65(50(39)68)43-9-11-47(67)64(52(43)70)30-76-77(72,73)74)59-16-17-61(32(2)28-59)37-7-10-46(56-27-37)58-42-21-34(26-57-49(42)75-5)38-12-14-55-48(41(38)29-66)63-19-18-62-44(53(63)71)22-33-24-54(3,4)25-45(33)62/h6-8,10,12,14,21-23,26-27,31-32,35,43,66H,9,11,13,15-20,24-25,28-30H2,1-5H3,(H,56,58)(H2,72,73,74)/t31-,32-,35?,43-/m0/s1/i5D3. The third-order valence-corrected chi connectivity index (χ3v) is 16.5. The Balaban J connectivity index is 0.730. The number of phosphoric acid groups is 1. The number of piperazine rings is 1. The number of anilines is 5. The molecule has 3 saturated heterocycles. The predicted molar refractivity (Wildman–Crippen MR) is 283 cm³/mol. The van der Waals surface area contributed by atoms with Crippen LogP contribution in [0.3, 0.4) is 0 Å². The number of aromatic nitrogens is 4. The second-order valence-electron chi connectivity index (χ2n) is 21.6. The lowest BCUT2D eigenvalue weighted by atomic mass is 9.90. The van der Waals surface area contributed by atoms with Crippen LogP contribution in [0.25, 0.3) is 11.1 Å². The van der Waals surface area contributed by atoms with Crippen LogP contribution in [0.2, 0.25) is 0 Å². The van der Waals surface area contributed by atoms with Gasteiger partial charge in [-0.15, -0.1) is 0 Å². The van der Waals surface area contributed by atoms with E-state index < -0.39 is 57.9 Å². The third kappa shape index (κ3) is 9.64. The van der Waals surface area contributed by atoms with Crippen LogP contribution in [-0.2, 0) is 44.7 Å². The van der Waals surface area contributed by atoms with E-state index in [1.54, 1.807) is 53.7 Å². The number of piperidine rings is 2. The van der Waals surface area contributed by atoms with Gasteiger partial charge in [0.1, 0.15) is 35.8 Å². The van der Waals surface area contributed by atoms with E-state index in [-0.39, 0.29) is 65.0 Å². The van der Waals surface area contributed by atoms with Gasteiger partial charge < -0.3 is 39.3 Å². The van der Waals surface area contributed by atoms with Gasteiger partial charge in [-0.2, -0.15) is 0 Å². The van der Waals surface area contributed by atoms with Crippen molar-refractivity contribution < 1.29 is 56.8 Å². The lowest BCUT2D eigenvalue weighted by molar-refractivity contribution is -0.155. The molecule has 0 radical (unpaired) electrons. The quantitative estimate of drug-likeness (QED) is 0.0882. The van der Waals surface area contributed by atoms with E-state index >= 15 is 0 Å². The number of nitrogens with one attached hydrogen (secondary N) is 1. The van der Waals surface area contributed by atoms with Gasteiger partial charge in [0.25, 0.3) is 23.6 Å². The van der Waals surface area contributed by atoms with Crippen molar-refractivity contribution in [2.24, 2.45) is 5.41 Å². The van der Waals surface area contributed by atoms with Gasteiger partial charge in [0.2, 0.25) is 11.8 Å². The summed E-state index contributed by atoms with van der Waals surface area (Å²) in [7, 11) is -7.84. The Bertz CT molecular complexity index is 3390. The molecule has 0 spiro atoms. The molecule has 1 aliphatic carbocycles. The summed E-state index contributed by atoms with van der Waals surface area (Å²) < 4.78 is 46.8. The maximum Gasteiger partial charge on any atom is 0.471 e. The number of aliphatic hydroxyl groups is 1. The molecule has 404 valence electrons. The van der Waals surface area contributed by atoms with Gasteiger partial charge in [0, 0.05) is 98.7 Å². The van der Waals surface area contributed by atoms with Gasteiger partial charge in [-0.05, 0) is 111 Å². The Kier molecular flexibility index (Phi) is 12.6. The number of fused-ring (bicyclic) bond motifs is 4. The van der Waals surface area contributed by atoms with Crippen molar-refractivity contribution in [2.45, 2.75) is 104 Å². The van der Waals surface area contributed by atoms with Crippen molar-refractivity contribution >= 4 is 66.1 Å². The van der Waals surface area contributed by atoms with Gasteiger partial charge in [-0.3, -0.25) is 48.1 Å². The molecule has 23 heteroatoms. The number of imide groups is 2. The van der Waals surface area contributed by atoms with Crippen LogP contribution in [0.5, 0.6) is 5.88 Å². The summed E-state index contributed by atoms with van der Waals surface area (Å²) in [6.07, 6.45) is 7.91. The van der Waals surface area contributed by atoms with Crippen LogP contribution in [0.4, 0.5) is 28.7 Å². The molecule has 9 heterocycles. The first-order valence-electron chi connectivity index (χ1n) is 27.3. The summed E-state index contributed by atoms with van der Waals surface area (Å²) in [4.78, 5) is 109. The highest BCUT2D eigenvalue weighted by Crippen LogP contribution is 2.42. The summed E-state index contributed by atoms with van der Waals surface area (Å²) in [6.45, 7) is 11.3. The number of phosphoric ester groups is 1. The highest BCUT2D eigenvalue weighted by atomic mass is 31.2. The Hall–Kier alpha value is -7.07. The minimum absolute atomic E-state index is 0.0647. The molecule has 3 fully saturated rings. The average molecular weight is 1080 g/mol. The van der Waals surface area contributed by atoms with E-state index in [1.807, 2.05) is 12.1 Å². The summed E-state index contributed by atoms with van der Waals surface area (Å²) in [6, 6.07) is 13.3. The largest absolute Gasteiger partial charge is 0.480 e. The van der Waals surface area contributed by atoms with Crippen molar-refractivity contribution in [3.8, 4) is 17.0 Å². The molecular weight excluding hydrogens is 1010 g/mol. The Labute approximate surface area is 449 Å². The number of aliphatic hydroxyl groups excluding tert-OH is 1. The summed E-state index contributed by atoms with van der Waals surface area (Å²) >= 11 is 0. The Morgan fingerprint density at radius 2 is 1.62 bits per heavy atom. The first-order valence-corrected chi connectivity index (χ1v) is 27.4. The molecule has 0 saturated carbocycles. The number of pyridine rings is 3. The highest BCUT2D eigenvalue weighted by Gasteiger charge is 2.48. The maximum absolute atomic E-state index is 14.1. The lowest BCUT2D eigenvalue weighted by Gasteiger charge is -2.48. The highest BCUT2D eigenvalue weighted by molar-refractivity contribution is 7.46. The van der Waals surface area contributed by atoms with E-state index in [9.17, 15) is 33.6 Å². The molecule has 4 atom stereocenters. The summed E-state index contributed by atoms with van der Waals surface area (Å²) in [5.41, 5.74) is 6.75. The van der Waals surface area contributed by atoms with Crippen LogP contribution < -0.4 is 24.8 Å². The number of hydrogen-bond donors (Lipinski definition) is 4. The molecule has 1 unspecified atom stereocenters. The Morgan fingerprint density at radius 3 is 2.36 bits per heavy atom. The number of carbonyl (C=O) groups excluding carboxylic acids is 5. The van der Waals surface area contributed by atoms with E-state index in [0.29, 0.717) is 58.6 Å². The molecule has 22 nitrogen and oxygen atoms in total. The fourth-order valence-corrected chi connectivity index (χ4v) is 12.7. The Morgan fingerprint density at radius 1 is 0.831 bits per heavy atom. The van der Waals surface area contributed by atoms with Gasteiger partial charge in [0.15, 0.2) is 0 Å². The molecule has 5 aromatic rings. The molecule has 4 N–H and O–H groups in total. The number of ether oxygens (including phenoxy) is 1. The molecule has 4 aromatic heterocycles. The zero-order chi connectivity index (χ0) is 56.7. The minimum Gasteiger partial charge on any atom is -0.480 e. The number of methoxy groups -OCH3 is 1. The second kappa shape index (κ2) is 20.1. The number of likely N-dealkylation sites (tertiary alicyclic amines) is 1. The molecule has 11 rings (SSSR count). The van der Waals surface area contributed by atoms with Gasteiger partial charge in [0.05, 0.1) is 40.8 Å². The van der Waals surface area contributed by atoms with E-state index in [2.05, 4.69) is 66.8 Å². The summed E-state index contributed by atoms with van der Waals surface area (Å²) in [5.74, 6) is -2.70. The molecular formula is C54H62N11O11P. The van der Waals surface area contributed by atoms with Crippen LogP contribution in [0, 0.1) is 5.41 Å². The van der Waals surface area contributed by atoms with Gasteiger partial charge >= 0.3 is 7.82 Å². The van der Waals surface area contributed by atoms with Crippen LogP contribution in [0.1, 0.15) is 106 Å². The van der Waals surface area contributed by atoms with E-state index in [4.69, 9.17) is 23.6 Å². The third-order valence-electron chi connectivity index (χ3n) is 16.1. The fraction of sp³-hybridized carbons (Fsp3) is 0.444. The smallest absolute Gasteiger partial charge is 0.471 e. The number of hydrogen-bond acceptors (Lipinski definition) is 16. The van der Waals surface area contributed by atoms with Crippen molar-refractivity contribution in [1.29, 1.82) is 0 Å². The molecule has 77 heavy (non-hydrogen) atoms. The van der Waals surface area contributed by atoms with Crippen molar-refractivity contribution in [3.05, 3.63) is 101 Å². The van der Waals surface area contributed by atoms with Crippen LogP contribution in [0.15, 0.2) is 67.1 Å². The predicted octanol–water partition coefficient (Wildman–Crippen LogP) is 5.12. The number of benzene rings is 1. The van der Waals surface area contributed by atoms with Crippen LogP contribution in [-0.4, -0.2) is 149 Å². The van der Waals surface area contributed by atoms with Crippen molar-refractivity contribution in [3.63, 3.8) is 0 Å². The first-order chi connectivity index (χ1) is 38.0. The average Bonchev–Trinajstić information content (AvgIpc) is 4.20. The van der Waals surface area contributed by atoms with Crippen molar-refractivity contribution in [1.82, 2.24) is 34.2 Å². The zero-order valence-electron chi connectivity index (χ0n) is 46.1. The monoisotopic (exact) mass is 1070 g/mol. The van der Waals surface area contributed by atoms with Gasteiger partial charge in [-0.1, -0.05) is 13.8 Å². The second-order valence-corrected chi connectivity index (χ2v) is 22.8. The number of rotatable bonds is 13. The number of nitrogens with zero attached hydrogens (tertiary/aromatic N) is 10. The zero-order valence-corrected chi connectivity index (χ0v) is 44.0. The van der Waals surface area contributed by atoms with Crippen LogP contribution >= 0.6 is 7.82 Å². The SMILES string of the molecule is [2H]C([2H])([2H])Oc1ncc(-c2ccnc(N3CCn4c(cc5c4CC(C)(C)C5)C3=O)c2CO)cc1Nc1ccc(N2CCN(C3CCN(c4ccc5c(c4)C(=O)N([C@H]4CCC(=O)N(COP(=O)(O)O)C4=O)C5=O)[C@@H](C)C3)C[C@@H]2C)cn1. The minimum atomic E-state index is -5.02. The maximum atomic E-state index is 14.1. The summed E-state index contributed by atoms with van der Waals surface area (Å²) in [5, 5.41) is 14.1. The molecule has 5 amide bonds. The van der Waals surface area contributed by atoms with Crippen molar-refractivity contribution in [2.75, 3.05) is 66.5 Å². The van der Waals surface area contributed by atoms with E-state index in [1.165, 1.54) is 17.5 Å². The topological polar surface area (TPSA) is 257 Å². The van der Waals surface area contributed by atoms with E-state index in [0.717, 1.165) is 61.6 Å². The fourth-order valence-electron chi connectivity index (χ4n) is 12.4. The number of carbonyl (C=O) groups is 5.